The van der Waals surface area contributed by atoms with Crippen LogP contribution in [0.2, 0.25) is 0 Å². The molecule has 2 nitrogen and oxygen atoms in total. The Kier molecular flexibility index (Phi) is 3.60. The van der Waals surface area contributed by atoms with Gasteiger partial charge in [-0.1, -0.05) is 38.8 Å². The van der Waals surface area contributed by atoms with E-state index < -0.39 is 0 Å². The quantitative estimate of drug-likeness (QED) is 0.795. The molecule has 0 fully saturated rings. The van der Waals surface area contributed by atoms with Gasteiger partial charge in [-0.05, 0) is 25.0 Å². The van der Waals surface area contributed by atoms with Crippen LogP contribution in [0.4, 0.5) is 0 Å². The van der Waals surface area contributed by atoms with Gasteiger partial charge >= 0.3 is 0 Å². The minimum absolute atomic E-state index is 0.590. The maximum atomic E-state index is 4.68. The molecule has 2 rings (SSSR count). The van der Waals surface area contributed by atoms with Crippen LogP contribution in [-0.2, 0) is 0 Å². The summed E-state index contributed by atoms with van der Waals surface area (Å²) >= 11 is 0. The first kappa shape index (κ1) is 11.2. The summed E-state index contributed by atoms with van der Waals surface area (Å²) in [7, 11) is 0. The van der Waals surface area contributed by atoms with Gasteiger partial charge in [0.25, 0.3) is 0 Å². The van der Waals surface area contributed by atoms with E-state index in [1.807, 2.05) is 6.07 Å². The van der Waals surface area contributed by atoms with Crippen molar-refractivity contribution in [1.29, 1.82) is 0 Å². The number of nitrogens with one attached hydrogen (secondary N) is 1. The summed E-state index contributed by atoms with van der Waals surface area (Å²) in [6, 6.07) is 8.26. The summed E-state index contributed by atoms with van der Waals surface area (Å²) in [5.41, 5.74) is 2.25. The van der Waals surface area contributed by atoms with Crippen molar-refractivity contribution in [3.05, 3.63) is 30.1 Å². The summed E-state index contributed by atoms with van der Waals surface area (Å²) in [6.07, 6.45) is 4.96. The van der Waals surface area contributed by atoms with E-state index in [1.165, 1.54) is 25.7 Å². The maximum Gasteiger partial charge on any atom is 0.110 e. The molecule has 1 aromatic heterocycles. The number of para-hydroxylation sites is 2. The van der Waals surface area contributed by atoms with Crippen molar-refractivity contribution in [3.63, 3.8) is 0 Å². The average molecular weight is 216 g/mol. The third kappa shape index (κ3) is 2.26. The van der Waals surface area contributed by atoms with Gasteiger partial charge in [-0.2, -0.15) is 0 Å². The average Bonchev–Trinajstić information content (AvgIpc) is 2.73. The van der Waals surface area contributed by atoms with E-state index in [4.69, 9.17) is 0 Å². The molecule has 1 aromatic carbocycles. The molecule has 1 N–H and O–H groups in total. The minimum Gasteiger partial charge on any atom is -0.342 e. The summed E-state index contributed by atoms with van der Waals surface area (Å²) in [5.74, 6) is 1.75. The van der Waals surface area contributed by atoms with E-state index in [0.29, 0.717) is 5.92 Å². The molecule has 86 valence electrons. The van der Waals surface area contributed by atoms with Gasteiger partial charge in [-0.25, -0.2) is 4.98 Å². The van der Waals surface area contributed by atoms with Crippen LogP contribution in [0, 0.1) is 0 Å². The normalized spacial score (nSPS) is 13.1. The Morgan fingerprint density at radius 1 is 1.25 bits per heavy atom. The predicted molar refractivity (Wildman–Crippen MR) is 68.7 cm³/mol. The van der Waals surface area contributed by atoms with Gasteiger partial charge < -0.3 is 4.98 Å². The number of hydrogen-bond donors (Lipinski definition) is 1. The monoisotopic (exact) mass is 216 g/mol. The Morgan fingerprint density at radius 2 is 2.06 bits per heavy atom. The molecule has 2 heteroatoms. The maximum absolute atomic E-state index is 4.68. The highest BCUT2D eigenvalue weighted by Gasteiger charge is 2.12. The number of aromatic nitrogens is 2. The zero-order chi connectivity index (χ0) is 11.4. The Hall–Kier alpha value is -1.31. The van der Waals surface area contributed by atoms with Crippen LogP contribution in [0.3, 0.4) is 0 Å². The molecule has 0 unspecified atom stereocenters. The first-order valence-corrected chi connectivity index (χ1v) is 6.29. The lowest BCUT2D eigenvalue weighted by Crippen LogP contribution is -1.99. The molecular formula is C14H20N2. The molecule has 0 saturated heterocycles. The van der Waals surface area contributed by atoms with E-state index >= 15 is 0 Å². The molecule has 0 amide bonds. The zero-order valence-corrected chi connectivity index (χ0v) is 10.2. The van der Waals surface area contributed by atoms with Gasteiger partial charge in [0.15, 0.2) is 0 Å². The third-order valence-corrected chi connectivity index (χ3v) is 3.19. The molecule has 16 heavy (non-hydrogen) atoms. The number of benzene rings is 1. The van der Waals surface area contributed by atoms with Crippen LogP contribution in [-0.4, -0.2) is 9.97 Å². The van der Waals surface area contributed by atoms with Gasteiger partial charge in [0, 0.05) is 5.92 Å². The second-order valence-corrected chi connectivity index (χ2v) is 4.39. The molecule has 1 atom stereocenters. The number of hydrogen-bond acceptors (Lipinski definition) is 1. The lowest BCUT2D eigenvalue weighted by Gasteiger charge is -2.10. The fourth-order valence-electron chi connectivity index (χ4n) is 2.15. The van der Waals surface area contributed by atoms with Crippen molar-refractivity contribution >= 4 is 11.0 Å². The van der Waals surface area contributed by atoms with Crippen LogP contribution in [0.1, 0.15) is 51.3 Å². The van der Waals surface area contributed by atoms with E-state index in [0.717, 1.165) is 16.9 Å². The first-order chi connectivity index (χ1) is 7.85. The second kappa shape index (κ2) is 5.15. The van der Waals surface area contributed by atoms with E-state index in [9.17, 15) is 0 Å². The Morgan fingerprint density at radius 3 is 2.75 bits per heavy atom. The number of rotatable bonds is 5. The molecule has 0 aliphatic rings. The first-order valence-electron chi connectivity index (χ1n) is 6.29. The fourth-order valence-corrected chi connectivity index (χ4v) is 2.15. The largest absolute Gasteiger partial charge is 0.342 e. The zero-order valence-electron chi connectivity index (χ0n) is 10.2. The fraction of sp³-hybridized carbons (Fsp3) is 0.500. The Bertz CT molecular complexity index is 412. The van der Waals surface area contributed by atoms with Gasteiger partial charge in [-0.3, -0.25) is 0 Å². The van der Waals surface area contributed by atoms with Crippen LogP contribution in [0.5, 0.6) is 0 Å². The van der Waals surface area contributed by atoms with Crippen LogP contribution in [0.25, 0.3) is 11.0 Å². The van der Waals surface area contributed by atoms with Crippen molar-refractivity contribution in [1.82, 2.24) is 9.97 Å². The number of fused-ring (bicyclic) bond motifs is 1. The summed E-state index contributed by atoms with van der Waals surface area (Å²) in [4.78, 5) is 8.13. The SMILES string of the molecule is CCCC[C@H](CC)c1nc2ccccc2[nH]1. The Balaban J connectivity index is 2.23. The summed E-state index contributed by atoms with van der Waals surface area (Å²) < 4.78 is 0. The molecule has 0 aliphatic heterocycles. The summed E-state index contributed by atoms with van der Waals surface area (Å²) in [6.45, 7) is 4.48. The number of imidazole rings is 1. The molecule has 1 heterocycles. The van der Waals surface area contributed by atoms with Gasteiger partial charge in [-0.15, -0.1) is 0 Å². The van der Waals surface area contributed by atoms with Gasteiger partial charge in [0.05, 0.1) is 11.0 Å². The smallest absolute Gasteiger partial charge is 0.110 e. The predicted octanol–water partition coefficient (Wildman–Crippen LogP) is 4.25. The third-order valence-electron chi connectivity index (χ3n) is 3.19. The van der Waals surface area contributed by atoms with Crippen molar-refractivity contribution in [2.24, 2.45) is 0 Å². The Labute approximate surface area is 97.1 Å². The van der Waals surface area contributed by atoms with Gasteiger partial charge in [0.2, 0.25) is 0 Å². The molecule has 0 radical (unpaired) electrons. The number of nitrogens with zero attached hydrogens (tertiary/aromatic N) is 1. The highest BCUT2D eigenvalue weighted by Crippen LogP contribution is 2.25. The molecule has 0 aliphatic carbocycles. The standard InChI is InChI=1S/C14H20N2/c1-3-5-8-11(4-2)14-15-12-9-6-7-10-13(12)16-14/h6-7,9-11H,3-5,8H2,1-2H3,(H,15,16)/t11-/m0/s1. The minimum atomic E-state index is 0.590. The molecule has 0 saturated carbocycles. The van der Waals surface area contributed by atoms with Crippen LogP contribution < -0.4 is 0 Å². The summed E-state index contributed by atoms with van der Waals surface area (Å²) in [5, 5.41) is 0. The van der Waals surface area contributed by atoms with E-state index in [2.05, 4.69) is 42.0 Å². The lowest BCUT2D eigenvalue weighted by molar-refractivity contribution is 0.549. The van der Waals surface area contributed by atoms with Gasteiger partial charge in [0.1, 0.15) is 5.82 Å². The van der Waals surface area contributed by atoms with E-state index in [-0.39, 0.29) is 0 Å². The van der Waals surface area contributed by atoms with Crippen LogP contribution >= 0.6 is 0 Å². The van der Waals surface area contributed by atoms with Crippen molar-refractivity contribution in [2.45, 2.75) is 45.4 Å². The van der Waals surface area contributed by atoms with Crippen molar-refractivity contribution in [3.8, 4) is 0 Å². The molecule has 0 spiro atoms. The van der Waals surface area contributed by atoms with Crippen LogP contribution in [0.15, 0.2) is 24.3 Å². The molecule has 0 bridgehead atoms. The highest BCUT2D eigenvalue weighted by atomic mass is 14.9. The number of unbranched alkanes of at least 4 members (excludes halogenated alkanes) is 1. The topological polar surface area (TPSA) is 28.7 Å². The number of H-pyrrole nitrogens is 1. The lowest BCUT2D eigenvalue weighted by atomic mass is 9.99. The number of aromatic amines is 1. The van der Waals surface area contributed by atoms with Crippen molar-refractivity contribution < 1.29 is 0 Å². The van der Waals surface area contributed by atoms with E-state index in [1.54, 1.807) is 0 Å². The van der Waals surface area contributed by atoms with Crippen molar-refractivity contribution in [2.75, 3.05) is 0 Å². The molecular weight excluding hydrogens is 196 g/mol. The second-order valence-electron chi connectivity index (χ2n) is 4.39. The highest BCUT2D eigenvalue weighted by molar-refractivity contribution is 5.74. The molecule has 2 aromatic rings.